The lowest BCUT2D eigenvalue weighted by Crippen LogP contribution is -2.45. The van der Waals surface area contributed by atoms with Gasteiger partial charge in [0, 0.05) is 12.6 Å². The molecule has 0 bridgehead atoms. The third-order valence-electron chi connectivity index (χ3n) is 4.29. The van der Waals surface area contributed by atoms with Crippen LogP contribution in [0.4, 0.5) is 5.69 Å². The first-order valence-electron chi connectivity index (χ1n) is 7.80. The molecule has 0 aliphatic heterocycles. The lowest BCUT2D eigenvalue weighted by molar-refractivity contribution is -0.384. The summed E-state index contributed by atoms with van der Waals surface area (Å²) < 4.78 is 5.23. The van der Waals surface area contributed by atoms with Gasteiger partial charge in [0.05, 0.1) is 16.4 Å². The number of carboxylic acid groups (broad SMARTS) is 1. The van der Waals surface area contributed by atoms with E-state index in [0.29, 0.717) is 12.8 Å². The van der Waals surface area contributed by atoms with Gasteiger partial charge in [-0.3, -0.25) is 19.7 Å². The van der Waals surface area contributed by atoms with E-state index < -0.39 is 22.2 Å². The van der Waals surface area contributed by atoms with E-state index in [1.54, 1.807) is 0 Å². The van der Waals surface area contributed by atoms with E-state index in [2.05, 4.69) is 5.32 Å². The number of nitrogens with zero attached hydrogens (tertiary/aromatic N) is 1. The van der Waals surface area contributed by atoms with E-state index in [-0.39, 0.29) is 24.6 Å². The van der Waals surface area contributed by atoms with Gasteiger partial charge in [0.25, 0.3) is 11.6 Å². The van der Waals surface area contributed by atoms with Crippen molar-refractivity contribution in [1.29, 1.82) is 0 Å². The van der Waals surface area contributed by atoms with Gasteiger partial charge >= 0.3 is 5.97 Å². The molecule has 8 nitrogen and oxygen atoms in total. The number of carbonyl (C=O) groups is 2. The molecule has 1 amide bonds. The zero-order chi connectivity index (χ0) is 17.6. The Morgan fingerprint density at radius 3 is 2.62 bits per heavy atom. The molecule has 0 atom stereocenters. The summed E-state index contributed by atoms with van der Waals surface area (Å²) in [5.41, 5.74) is -1.03. The van der Waals surface area contributed by atoms with Gasteiger partial charge in [0.1, 0.15) is 5.75 Å². The minimum Gasteiger partial charge on any atom is -0.484 e. The number of rotatable bonds is 7. The Balaban J connectivity index is 1.86. The van der Waals surface area contributed by atoms with Crippen molar-refractivity contribution in [3.05, 3.63) is 34.4 Å². The average Bonchev–Trinajstić information content (AvgIpc) is 2.59. The maximum atomic E-state index is 11.9. The number of nitrogens with one attached hydrogen (secondary N) is 1. The molecule has 0 unspecified atom stereocenters. The Morgan fingerprint density at radius 2 is 2.00 bits per heavy atom. The number of benzene rings is 1. The van der Waals surface area contributed by atoms with Gasteiger partial charge in [0.2, 0.25) is 0 Å². The van der Waals surface area contributed by atoms with Crippen LogP contribution in [0.3, 0.4) is 0 Å². The molecule has 130 valence electrons. The Morgan fingerprint density at radius 1 is 1.29 bits per heavy atom. The number of carbonyl (C=O) groups excluding carboxylic acids is 1. The molecule has 1 saturated carbocycles. The van der Waals surface area contributed by atoms with Crippen LogP contribution in [0.1, 0.15) is 32.1 Å². The second-order valence-electron chi connectivity index (χ2n) is 5.97. The zero-order valence-corrected chi connectivity index (χ0v) is 13.2. The number of carboxylic acids is 1. The van der Waals surface area contributed by atoms with E-state index in [1.807, 2.05) is 0 Å². The van der Waals surface area contributed by atoms with Gasteiger partial charge in [-0.05, 0) is 18.9 Å². The molecule has 0 heterocycles. The van der Waals surface area contributed by atoms with E-state index >= 15 is 0 Å². The zero-order valence-electron chi connectivity index (χ0n) is 13.2. The van der Waals surface area contributed by atoms with Crippen molar-refractivity contribution >= 4 is 17.6 Å². The van der Waals surface area contributed by atoms with Crippen LogP contribution in [-0.4, -0.2) is 35.1 Å². The molecule has 2 rings (SSSR count). The number of aliphatic carboxylic acids is 1. The molecule has 8 heteroatoms. The molecule has 1 aliphatic rings. The fourth-order valence-electron chi connectivity index (χ4n) is 2.85. The summed E-state index contributed by atoms with van der Waals surface area (Å²) in [7, 11) is 0. The largest absolute Gasteiger partial charge is 0.484 e. The molecule has 1 aromatic rings. The lowest BCUT2D eigenvalue weighted by Gasteiger charge is -2.33. The lowest BCUT2D eigenvalue weighted by atomic mass is 9.74. The normalized spacial score (nSPS) is 16.2. The van der Waals surface area contributed by atoms with Crippen molar-refractivity contribution < 1.29 is 24.4 Å². The predicted octanol–water partition coefficient (Wildman–Crippen LogP) is 2.12. The fourth-order valence-corrected chi connectivity index (χ4v) is 2.85. The SMILES string of the molecule is O=C(COc1cccc([N+](=O)[O-])c1)NCC1(C(=O)O)CCCCC1. The van der Waals surface area contributed by atoms with Crippen LogP contribution in [0, 0.1) is 15.5 Å². The van der Waals surface area contributed by atoms with Gasteiger partial charge in [-0.1, -0.05) is 25.3 Å². The summed E-state index contributed by atoms with van der Waals surface area (Å²) in [6, 6.07) is 5.53. The van der Waals surface area contributed by atoms with Gasteiger partial charge in [0.15, 0.2) is 6.61 Å². The number of hydrogen-bond donors (Lipinski definition) is 2. The molecule has 0 radical (unpaired) electrons. The number of ether oxygens (including phenoxy) is 1. The summed E-state index contributed by atoms with van der Waals surface area (Å²) in [5, 5.41) is 22.7. The first kappa shape index (κ1) is 17.7. The van der Waals surface area contributed by atoms with E-state index in [9.17, 15) is 24.8 Å². The Kier molecular flexibility index (Phi) is 5.73. The highest BCUT2D eigenvalue weighted by molar-refractivity contribution is 5.80. The first-order chi connectivity index (χ1) is 11.4. The molecule has 0 aromatic heterocycles. The maximum absolute atomic E-state index is 11.9. The van der Waals surface area contributed by atoms with Crippen molar-refractivity contribution in [1.82, 2.24) is 5.32 Å². The second kappa shape index (κ2) is 7.76. The highest BCUT2D eigenvalue weighted by atomic mass is 16.6. The van der Waals surface area contributed by atoms with Crippen LogP contribution in [0.15, 0.2) is 24.3 Å². The fraction of sp³-hybridized carbons (Fsp3) is 0.500. The Hall–Kier alpha value is -2.64. The number of nitro groups is 1. The highest BCUT2D eigenvalue weighted by Crippen LogP contribution is 2.36. The second-order valence-corrected chi connectivity index (χ2v) is 5.97. The smallest absolute Gasteiger partial charge is 0.311 e. The quantitative estimate of drug-likeness (QED) is 0.581. The topological polar surface area (TPSA) is 119 Å². The van der Waals surface area contributed by atoms with Crippen LogP contribution in [-0.2, 0) is 9.59 Å². The summed E-state index contributed by atoms with van der Waals surface area (Å²) in [6.07, 6.45) is 3.79. The number of hydrogen-bond acceptors (Lipinski definition) is 5. The van der Waals surface area contributed by atoms with Gasteiger partial charge in [-0.25, -0.2) is 0 Å². The minimum absolute atomic E-state index is 0.0689. The third kappa shape index (κ3) is 4.43. The van der Waals surface area contributed by atoms with Gasteiger partial charge in [-0.15, -0.1) is 0 Å². The minimum atomic E-state index is -0.903. The first-order valence-corrected chi connectivity index (χ1v) is 7.80. The third-order valence-corrected chi connectivity index (χ3v) is 4.29. The Bertz CT molecular complexity index is 625. The van der Waals surface area contributed by atoms with Crippen molar-refractivity contribution in [2.45, 2.75) is 32.1 Å². The molecule has 1 fully saturated rings. The number of amides is 1. The summed E-state index contributed by atoms with van der Waals surface area (Å²) in [6.45, 7) is -0.254. The van der Waals surface area contributed by atoms with Crippen LogP contribution < -0.4 is 10.1 Å². The standard InChI is InChI=1S/C16H20N2O6/c19-14(10-24-13-6-4-5-12(9-13)18(22)23)17-11-16(15(20)21)7-2-1-3-8-16/h4-6,9H,1-3,7-8,10-11H2,(H,17,19)(H,20,21). The van der Waals surface area contributed by atoms with Crippen molar-refractivity contribution in [2.24, 2.45) is 5.41 Å². The van der Waals surface area contributed by atoms with Crippen LogP contribution >= 0.6 is 0 Å². The molecule has 1 aliphatic carbocycles. The molecular formula is C16H20N2O6. The van der Waals surface area contributed by atoms with Gasteiger partial charge in [-0.2, -0.15) is 0 Å². The van der Waals surface area contributed by atoms with E-state index in [4.69, 9.17) is 4.74 Å². The average molecular weight is 336 g/mol. The molecule has 24 heavy (non-hydrogen) atoms. The van der Waals surface area contributed by atoms with Crippen molar-refractivity contribution in [3.63, 3.8) is 0 Å². The van der Waals surface area contributed by atoms with Gasteiger partial charge < -0.3 is 15.2 Å². The van der Waals surface area contributed by atoms with Crippen LogP contribution in [0.25, 0.3) is 0 Å². The monoisotopic (exact) mass is 336 g/mol. The van der Waals surface area contributed by atoms with Crippen LogP contribution in [0.5, 0.6) is 5.75 Å². The Labute approximate surface area is 139 Å². The number of non-ortho nitro benzene ring substituents is 1. The maximum Gasteiger partial charge on any atom is 0.311 e. The summed E-state index contributed by atoms with van der Waals surface area (Å²) in [4.78, 5) is 33.5. The molecule has 2 N–H and O–H groups in total. The summed E-state index contributed by atoms with van der Waals surface area (Å²) in [5.74, 6) is -1.13. The van der Waals surface area contributed by atoms with Crippen molar-refractivity contribution in [2.75, 3.05) is 13.2 Å². The molecule has 1 aromatic carbocycles. The molecular weight excluding hydrogens is 316 g/mol. The highest BCUT2D eigenvalue weighted by Gasteiger charge is 2.39. The molecule has 0 saturated heterocycles. The summed E-state index contributed by atoms with van der Waals surface area (Å²) >= 11 is 0. The van der Waals surface area contributed by atoms with E-state index in [1.165, 1.54) is 24.3 Å². The van der Waals surface area contributed by atoms with Crippen LogP contribution in [0.2, 0.25) is 0 Å². The van der Waals surface area contributed by atoms with E-state index in [0.717, 1.165) is 19.3 Å². The predicted molar refractivity (Wildman–Crippen MR) is 84.8 cm³/mol. The van der Waals surface area contributed by atoms with Crippen molar-refractivity contribution in [3.8, 4) is 5.75 Å². The number of nitro benzene ring substituents is 1. The molecule has 0 spiro atoms.